The van der Waals surface area contributed by atoms with Gasteiger partial charge in [-0.25, -0.2) is 14.4 Å². The van der Waals surface area contributed by atoms with E-state index in [4.69, 9.17) is 4.74 Å². The highest BCUT2D eigenvalue weighted by Gasteiger charge is 2.12. The molecule has 0 aliphatic heterocycles. The number of nitrogens with one attached hydrogen (secondary N) is 1. The maximum atomic E-state index is 13.4. The van der Waals surface area contributed by atoms with Crippen molar-refractivity contribution in [3.63, 3.8) is 0 Å². The monoisotopic (exact) mass is 271 g/mol. The van der Waals surface area contributed by atoms with Gasteiger partial charge in [-0.15, -0.1) is 0 Å². The predicted octanol–water partition coefficient (Wildman–Crippen LogP) is 3.55. The number of H-pyrrole nitrogens is 1. The van der Waals surface area contributed by atoms with Gasteiger partial charge in [0.1, 0.15) is 17.1 Å². The summed E-state index contributed by atoms with van der Waals surface area (Å²) in [5, 5.41) is 0. The SMILES string of the molecule is CC(C)Oc1cc(F)ccc1-c1cnc2[nH]ccc2n1. The highest BCUT2D eigenvalue weighted by atomic mass is 19.1. The molecule has 2 heterocycles. The second kappa shape index (κ2) is 4.92. The van der Waals surface area contributed by atoms with Gasteiger partial charge in [0.15, 0.2) is 5.65 Å². The van der Waals surface area contributed by atoms with Crippen molar-refractivity contribution < 1.29 is 9.13 Å². The van der Waals surface area contributed by atoms with Gasteiger partial charge >= 0.3 is 0 Å². The number of ether oxygens (including phenoxy) is 1. The van der Waals surface area contributed by atoms with Crippen molar-refractivity contribution in [2.24, 2.45) is 0 Å². The van der Waals surface area contributed by atoms with E-state index in [0.29, 0.717) is 11.4 Å². The second-order valence-corrected chi connectivity index (χ2v) is 4.77. The Morgan fingerprint density at radius 1 is 1.25 bits per heavy atom. The van der Waals surface area contributed by atoms with Crippen LogP contribution in [0.3, 0.4) is 0 Å². The second-order valence-electron chi connectivity index (χ2n) is 4.77. The van der Waals surface area contributed by atoms with Crippen molar-refractivity contribution in [2.75, 3.05) is 0 Å². The molecule has 0 atom stereocenters. The van der Waals surface area contributed by atoms with Crippen LogP contribution in [0.5, 0.6) is 5.75 Å². The number of halogens is 1. The van der Waals surface area contributed by atoms with E-state index in [9.17, 15) is 4.39 Å². The average molecular weight is 271 g/mol. The lowest BCUT2D eigenvalue weighted by Crippen LogP contribution is -2.07. The fourth-order valence-corrected chi connectivity index (χ4v) is 2.02. The van der Waals surface area contributed by atoms with Gasteiger partial charge in [0, 0.05) is 17.8 Å². The smallest absolute Gasteiger partial charge is 0.156 e. The van der Waals surface area contributed by atoms with Crippen LogP contribution in [0.25, 0.3) is 22.4 Å². The van der Waals surface area contributed by atoms with Gasteiger partial charge in [0.2, 0.25) is 0 Å². The minimum absolute atomic E-state index is 0.0421. The predicted molar refractivity (Wildman–Crippen MR) is 75.0 cm³/mol. The Morgan fingerprint density at radius 2 is 2.10 bits per heavy atom. The molecule has 0 spiro atoms. The van der Waals surface area contributed by atoms with Crippen molar-refractivity contribution in [3.8, 4) is 17.0 Å². The Balaban J connectivity index is 2.12. The van der Waals surface area contributed by atoms with E-state index in [1.54, 1.807) is 18.5 Å². The van der Waals surface area contributed by atoms with Crippen LogP contribution in [0.2, 0.25) is 0 Å². The quantitative estimate of drug-likeness (QED) is 0.792. The average Bonchev–Trinajstić information content (AvgIpc) is 2.85. The summed E-state index contributed by atoms with van der Waals surface area (Å²) in [5.41, 5.74) is 2.88. The Hall–Kier alpha value is -2.43. The fraction of sp³-hybridized carbons (Fsp3) is 0.200. The first-order valence-electron chi connectivity index (χ1n) is 6.40. The Labute approximate surface area is 115 Å². The van der Waals surface area contributed by atoms with Crippen molar-refractivity contribution in [3.05, 3.63) is 42.5 Å². The number of rotatable bonds is 3. The van der Waals surface area contributed by atoms with Crippen LogP contribution in [-0.4, -0.2) is 21.1 Å². The number of hydrogen-bond donors (Lipinski definition) is 1. The van der Waals surface area contributed by atoms with Gasteiger partial charge < -0.3 is 9.72 Å². The first kappa shape index (κ1) is 12.6. The molecule has 20 heavy (non-hydrogen) atoms. The van der Waals surface area contributed by atoms with Crippen LogP contribution in [0, 0.1) is 5.82 Å². The van der Waals surface area contributed by atoms with Gasteiger partial charge in [-0.05, 0) is 32.0 Å². The fourth-order valence-electron chi connectivity index (χ4n) is 2.02. The first-order chi connectivity index (χ1) is 9.63. The molecule has 0 unspecified atom stereocenters. The van der Waals surface area contributed by atoms with Crippen molar-refractivity contribution >= 4 is 11.2 Å². The number of nitrogens with zero attached hydrogens (tertiary/aromatic N) is 2. The maximum absolute atomic E-state index is 13.4. The number of hydrogen-bond acceptors (Lipinski definition) is 3. The molecular weight excluding hydrogens is 257 g/mol. The van der Waals surface area contributed by atoms with E-state index < -0.39 is 0 Å². The topological polar surface area (TPSA) is 50.8 Å². The largest absolute Gasteiger partial charge is 0.490 e. The molecule has 0 fully saturated rings. The summed E-state index contributed by atoms with van der Waals surface area (Å²) in [6.45, 7) is 3.80. The molecule has 0 bridgehead atoms. The zero-order valence-corrected chi connectivity index (χ0v) is 11.2. The van der Waals surface area contributed by atoms with E-state index in [0.717, 1.165) is 16.7 Å². The van der Waals surface area contributed by atoms with Crippen LogP contribution >= 0.6 is 0 Å². The lowest BCUT2D eigenvalue weighted by Gasteiger charge is -2.14. The third kappa shape index (κ3) is 2.34. The molecule has 0 amide bonds. The molecule has 1 N–H and O–H groups in total. The number of aromatic nitrogens is 3. The van der Waals surface area contributed by atoms with E-state index in [1.165, 1.54) is 12.1 Å². The molecule has 0 saturated carbocycles. The molecule has 102 valence electrons. The standard InChI is InChI=1S/C15H14FN3O/c1-9(2)20-14-7-10(16)3-4-11(14)13-8-18-15-12(19-13)5-6-17-15/h3-9H,1-2H3,(H,17,18). The summed E-state index contributed by atoms with van der Waals surface area (Å²) in [7, 11) is 0. The molecule has 0 aliphatic carbocycles. The van der Waals surface area contributed by atoms with Gasteiger partial charge in [-0.2, -0.15) is 0 Å². The molecule has 5 heteroatoms. The summed E-state index contributed by atoms with van der Waals surface area (Å²) < 4.78 is 19.1. The maximum Gasteiger partial charge on any atom is 0.156 e. The van der Waals surface area contributed by atoms with Crippen molar-refractivity contribution in [1.29, 1.82) is 0 Å². The molecule has 0 radical (unpaired) electrons. The Bertz CT molecular complexity index is 752. The molecule has 4 nitrogen and oxygen atoms in total. The lowest BCUT2D eigenvalue weighted by atomic mass is 10.1. The minimum atomic E-state index is -0.333. The molecule has 3 rings (SSSR count). The molecular formula is C15H14FN3O. The lowest BCUT2D eigenvalue weighted by molar-refractivity contribution is 0.242. The van der Waals surface area contributed by atoms with Crippen LogP contribution in [0.15, 0.2) is 36.7 Å². The number of fused-ring (bicyclic) bond motifs is 1. The molecule has 2 aromatic heterocycles. The van der Waals surface area contributed by atoms with Gasteiger partial charge in [0.05, 0.1) is 18.0 Å². The number of aromatic amines is 1. The zero-order valence-electron chi connectivity index (χ0n) is 11.2. The third-order valence-electron chi connectivity index (χ3n) is 2.84. The minimum Gasteiger partial charge on any atom is -0.490 e. The number of benzene rings is 1. The summed E-state index contributed by atoms with van der Waals surface area (Å²) in [5.74, 6) is 0.143. The zero-order chi connectivity index (χ0) is 14.1. The van der Waals surface area contributed by atoms with Gasteiger partial charge in [0.25, 0.3) is 0 Å². The molecule has 0 saturated heterocycles. The van der Waals surface area contributed by atoms with E-state index in [1.807, 2.05) is 19.9 Å². The van der Waals surface area contributed by atoms with Gasteiger partial charge in [-0.1, -0.05) is 0 Å². The normalized spacial score (nSPS) is 11.2. The van der Waals surface area contributed by atoms with Crippen LogP contribution in [0.4, 0.5) is 4.39 Å². The molecule has 3 aromatic rings. The summed E-state index contributed by atoms with van der Waals surface area (Å²) in [6, 6.07) is 6.28. The highest BCUT2D eigenvalue weighted by molar-refractivity contribution is 5.76. The van der Waals surface area contributed by atoms with E-state index >= 15 is 0 Å². The van der Waals surface area contributed by atoms with E-state index in [2.05, 4.69) is 15.0 Å². The summed E-state index contributed by atoms with van der Waals surface area (Å²) in [4.78, 5) is 11.8. The summed E-state index contributed by atoms with van der Waals surface area (Å²) in [6.07, 6.45) is 3.39. The van der Waals surface area contributed by atoms with Gasteiger partial charge in [-0.3, -0.25) is 0 Å². The third-order valence-corrected chi connectivity index (χ3v) is 2.84. The molecule has 0 aliphatic rings. The first-order valence-corrected chi connectivity index (χ1v) is 6.40. The molecule has 1 aromatic carbocycles. The Kier molecular flexibility index (Phi) is 3.10. The van der Waals surface area contributed by atoms with E-state index in [-0.39, 0.29) is 11.9 Å². The van der Waals surface area contributed by atoms with Crippen molar-refractivity contribution in [2.45, 2.75) is 20.0 Å². The highest BCUT2D eigenvalue weighted by Crippen LogP contribution is 2.30. The van der Waals surface area contributed by atoms with Crippen LogP contribution < -0.4 is 4.74 Å². The Morgan fingerprint density at radius 3 is 2.90 bits per heavy atom. The summed E-state index contributed by atoms with van der Waals surface area (Å²) >= 11 is 0. The van der Waals surface area contributed by atoms with Crippen LogP contribution in [-0.2, 0) is 0 Å². The van der Waals surface area contributed by atoms with Crippen molar-refractivity contribution in [1.82, 2.24) is 15.0 Å². The van der Waals surface area contributed by atoms with Crippen LogP contribution in [0.1, 0.15) is 13.8 Å².